The Labute approximate surface area is 165 Å². The second-order valence-electron chi connectivity index (χ2n) is 7.13. The van der Waals surface area contributed by atoms with Gasteiger partial charge in [0.2, 0.25) is 5.91 Å². The van der Waals surface area contributed by atoms with Crippen LogP contribution in [-0.4, -0.2) is 41.5 Å². The molecule has 1 fully saturated rings. The molecule has 4 rings (SSSR count). The zero-order valence-corrected chi connectivity index (χ0v) is 15.9. The zero-order valence-electron chi connectivity index (χ0n) is 15.9. The van der Waals surface area contributed by atoms with Crippen molar-refractivity contribution in [3.63, 3.8) is 0 Å². The minimum absolute atomic E-state index is 0.236. The lowest BCUT2D eigenvalue weighted by molar-refractivity contribution is -0.134. The number of pyridine rings is 1. The number of benzene rings is 2. The Balaban J connectivity index is 1.27. The van der Waals surface area contributed by atoms with Gasteiger partial charge in [-0.3, -0.25) is 9.78 Å². The van der Waals surface area contributed by atoms with Crippen molar-refractivity contribution < 1.29 is 9.53 Å². The lowest BCUT2D eigenvalue weighted by Gasteiger charge is -2.33. The SMILES string of the molecule is O=C1CCC(NCCOc2cccc3cccnc23)CN1Cc1ccccc1. The summed E-state index contributed by atoms with van der Waals surface area (Å²) in [7, 11) is 0. The first-order valence-electron chi connectivity index (χ1n) is 9.81. The van der Waals surface area contributed by atoms with E-state index in [1.165, 1.54) is 5.56 Å². The highest BCUT2D eigenvalue weighted by atomic mass is 16.5. The lowest BCUT2D eigenvalue weighted by atomic mass is 10.0. The summed E-state index contributed by atoms with van der Waals surface area (Å²) in [6.07, 6.45) is 3.26. The minimum Gasteiger partial charge on any atom is -0.490 e. The lowest BCUT2D eigenvalue weighted by Crippen LogP contribution is -2.48. The van der Waals surface area contributed by atoms with Crippen LogP contribution in [0.2, 0.25) is 0 Å². The van der Waals surface area contributed by atoms with Crippen molar-refractivity contribution in [1.29, 1.82) is 0 Å². The van der Waals surface area contributed by atoms with Crippen LogP contribution in [0.4, 0.5) is 0 Å². The van der Waals surface area contributed by atoms with Crippen molar-refractivity contribution >= 4 is 16.8 Å². The highest BCUT2D eigenvalue weighted by Crippen LogP contribution is 2.22. The molecule has 1 saturated heterocycles. The Bertz CT molecular complexity index is 924. The Kier molecular flexibility index (Phi) is 5.83. The highest BCUT2D eigenvalue weighted by molar-refractivity contribution is 5.84. The third-order valence-electron chi connectivity index (χ3n) is 5.10. The van der Waals surface area contributed by atoms with Crippen LogP contribution in [0.3, 0.4) is 0 Å². The number of hydrogen-bond donors (Lipinski definition) is 1. The van der Waals surface area contributed by atoms with Crippen LogP contribution in [0.1, 0.15) is 18.4 Å². The van der Waals surface area contributed by atoms with E-state index in [4.69, 9.17) is 4.74 Å². The number of rotatable bonds is 7. The molecule has 28 heavy (non-hydrogen) atoms. The summed E-state index contributed by atoms with van der Waals surface area (Å²) in [4.78, 5) is 18.6. The summed E-state index contributed by atoms with van der Waals surface area (Å²) in [5.74, 6) is 1.05. The number of likely N-dealkylation sites (tertiary alicyclic amines) is 1. The van der Waals surface area contributed by atoms with Gasteiger partial charge in [0, 0.05) is 43.7 Å². The van der Waals surface area contributed by atoms with E-state index in [1.807, 2.05) is 53.4 Å². The van der Waals surface area contributed by atoms with E-state index < -0.39 is 0 Å². The third kappa shape index (κ3) is 4.49. The van der Waals surface area contributed by atoms with Crippen molar-refractivity contribution in [3.8, 4) is 5.75 Å². The van der Waals surface area contributed by atoms with Crippen LogP contribution in [0.15, 0.2) is 66.9 Å². The van der Waals surface area contributed by atoms with E-state index in [0.717, 1.165) is 36.2 Å². The average Bonchev–Trinajstić information content (AvgIpc) is 2.74. The van der Waals surface area contributed by atoms with Crippen LogP contribution in [-0.2, 0) is 11.3 Å². The maximum Gasteiger partial charge on any atom is 0.222 e. The number of amides is 1. The van der Waals surface area contributed by atoms with Gasteiger partial charge in [0.15, 0.2) is 0 Å². The minimum atomic E-state index is 0.236. The molecule has 0 radical (unpaired) electrons. The first-order valence-corrected chi connectivity index (χ1v) is 9.81. The highest BCUT2D eigenvalue weighted by Gasteiger charge is 2.25. The standard InChI is InChI=1S/C23H25N3O2/c27-22-12-11-20(17-26(22)16-18-6-2-1-3-7-18)24-14-15-28-21-10-4-8-19-9-5-13-25-23(19)21/h1-10,13,20,24H,11-12,14-17H2. The summed E-state index contributed by atoms with van der Waals surface area (Å²) in [5.41, 5.74) is 2.06. The van der Waals surface area contributed by atoms with Crippen LogP contribution >= 0.6 is 0 Å². The van der Waals surface area contributed by atoms with Crippen LogP contribution in [0.5, 0.6) is 5.75 Å². The van der Waals surface area contributed by atoms with Gasteiger partial charge in [-0.05, 0) is 24.1 Å². The molecule has 5 heteroatoms. The Hall–Kier alpha value is -2.92. The fraction of sp³-hybridized carbons (Fsp3) is 0.304. The molecule has 1 aliphatic heterocycles. The molecule has 1 aromatic heterocycles. The normalized spacial score (nSPS) is 17.1. The van der Waals surface area contributed by atoms with Gasteiger partial charge >= 0.3 is 0 Å². The molecule has 0 spiro atoms. The molecule has 5 nitrogen and oxygen atoms in total. The number of para-hydroxylation sites is 1. The summed E-state index contributed by atoms with van der Waals surface area (Å²) < 4.78 is 5.95. The van der Waals surface area contributed by atoms with Gasteiger partial charge in [0.1, 0.15) is 17.9 Å². The average molecular weight is 375 g/mol. The number of hydrogen-bond acceptors (Lipinski definition) is 4. The van der Waals surface area contributed by atoms with Gasteiger partial charge in [0.05, 0.1) is 0 Å². The second-order valence-corrected chi connectivity index (χ2v) is 7.13. The summed E-state index contributed by atoms with van der Waals surface area (Å²) in [6, 6.07) is 20.4. The molecule has 1 unspecified atom stereocenters. The molecule has 1 N–H and O–H groups in total. The van der Waals surface area contributed by atoms with E-state index in [-0.39, 0.29) is 5.91 Å². The number of nitrogens with one attached hydrogen (secondary N) is 1. The van der Waals surface area contributed by atoms with Crippen molar-refractivity contribution in [3.05, 3.63) is 72.4 Å². The van der Waals surface area contributed by atoms with E-state index in [0.29, 0.717) is 25.6 Å². The molecule has 0 saturated carbocycles. The first kappa shape index (κ1) is 18.4. The van der Waals surface area contributed by atoms with Crippen LogP contribution in [0, 0.1) is 0 Å². The predicted molar refractivity (Wildman–Crippen MR) is 110 cm³/mol. The van der Waals surface area contributed by atoms with Crippen molar-refractivity contribution in [2.45, 2.75) is 25.4 Å². The fourth-order valence-corrected chi connectivity index (χ4v) is 3.65. The quantitative estimate of drug-likeness (QED) is 0.643. The molecule has 2 heterocycles. The molecular formula is C23H25N3O2. The van der Waals surface area contributed by atoms with Crippen LogP contribution in [0.25, 0.3) is 10.9 Å². The number of carbonyl (C=O) groups excluding carboxylic acids is 1. The number of nitrogens with zero attached hydrogens (tertiary/aromatic N) is 2. The summed E-state index contributed by atoms with van der Waals surface area (Å²) >= 11 is 0. The monoisotopic (exact) mass is 375 g/mol. The molecule has 1 aliphatic rings. The van der Waals surface area contributed by atoms with Gasteiger partial charge in [0.25, 0.3) is 0 Å². The third-order valence-corrected chi connectivity index (χ3v) is 5.10. The van der Waals surface area contributed by atoms with E-state index in [9.17, 15) is 4.79 Å². The maximum atomic E-state index is 12.3. The van der Waals surface area contributed by atoms with Crippen molar-refractivity contribution in [2.75, 3.05) is 19.7 Å². The second kappa shape index (κ2) is 8.85. The van der Waals surface area contributed by atoms with Gasteiger partial charge in [-0.2, -0.15) is 0 Å². The smallest absolute Gasteiger partial charge is 0.222 e. The molecule has 0 aliphatic carbocycles. The predicted octanol–water partition coefficient (Wildman–Crippen LogP) is 3.39. The summed E-state index contributed by atoms with van der Waals surface area (Å²) in [6.45, 7) is 2.72. The fourth-order valence-electron chi connectivity index (χ4n) is 3.65. The van der Waals surface area contributed by atoms with E-state index >= 15 is 0 Å². The van der Waals surface area contributed by atoms with Crippen molar-refractivity contribution in [2.24, 2.45) is 0 Å². The molecule has 144 valence electrons. The zero-order chi connectivity index (χ0) is 19.2. The molecule has 2 aromatic carbocycles. The molecular weight excluding hydrogens is 350 g/mol. The number of aromatic nitrogens is 1. The summed E-state index contributed by atoms with van der Waals surface area (Å²) in [5, 5.41) is 4.62. The first-order chi connectivity index (χ1) is 13.8. The van der Waals surface area contributed by atoms with Gasteiger partial charge < -0.3 is 15.0 Å². The van der Waals surface area contributed by atoms with Crippen molar-refractivity contribution in [1.82, 2.24) is 15.2 Å². The van der Waals surface area contributed by atoms with Crippen LogP contribution < -0.4 is 10.1 Å². The van der Waals surface area contributed by atoms with Gasteiger partial charge in [-0.25, -0.2) is 0 Å². The number of piperidine rings is 1. The van der Waals surface area contributed by atoms with E-state index in [2.05, 4.69) is 22.4 Å². The largest absolute Gasteiger partial charge is 0.490 e. The molecule has 1 amide bonds. The number of fused-ring (bicyclic) bond motifs is 1. The molecule has 1 atom stereocenters. The maximum absolute atomic E-state index is 12.3. The number of carbonyl (C=O) groups is 1. The molecule has 3 aromatic rings. The Morgan fingerprint density at radius 1 is 1.07 bits per heavy atom. The van der Waals surface area contributed by atoms with E-state index in [1.54, 1.807) is 6.20 Å². The molecule has 0 bridgehead atoms. The number of ether oxygens (including phenoxy) is 1. The Morgan fingerprint density at radius 3 is 2.82 bits per heavy atom. The van der Waals surface area contributed by atoms with Gasteiger partial charge in [-0.15, -0.1) is 0 Å². The Morgan fingerprint density at radius 2 is 1.93 bits per heavy atom. The topological polar surface area (TPSA) is 54.5 Å². The van der Waals surface area contributed by atoms with Gasteiger partial charge in [-0.1, -0.05) is 48.5 Å².